The van der Waals surface area contributed by atoms with E-state index in [1.165, 1.54) is 0 Å². The second-order valence-corrected chi connectivity index (χ2v) is 10.5. The number of hydrogen-bond acceptors (Lipinski definition) is 8. The number of carbonyl (C=O) groups excluding carboxylic acids is 4. The van der Waals surface area contributed by atoms with Gasteiger partial charge in [-0.3, -0.25) is 19.2 Å². The van der Waals surface area contributed by atoms with Gasteiger partial charge >= 0.3 is 0 Å². The first-order valence-electron chi connectivity index (χ1n) is 13.1. The van der Waals surface area contributed by atoms with Crippen LogP contribution in [-0.4, -0.2) is 93.1 Å². The highest BCUT2D eigenvalue weighted by Gasteiger charge is 2.32. The fourth-order valence-corrected chi connectivity index (χ4v) is 3.28. The molecule has 9 nitrogen and oxygen atoms in total. The highest BCUT2D eigenvalue weighted by Crippen LogP contribution is 2.26. The van der Waals surface area contributed by atoms with Crippen LogP contribution in [0.25, 0.3) is 0 Å². The van der Waals surface area contributed by atoms with Crippen molar-refractivity contribution in [2.45, 2.75) is 85.5 Å². The number of ketones is 3. The smallest absolute Gasteiger partial charge is 0.248 e. The molecule has 0 aromatic heterocycles. The number of nitrogens with zero attached hydrogens (tertiary/aromatic N) is 1. The largest absolute Gasteiger partial charge is 0.379 e. The molecular weight excluding hydrogens is 466 g/mol. The van der Waals surface area contributed by atoms with Crippen molar-refractivity contribution in [1.82, 2.24) is 4.90 Å². The quantitative estimate of drug-likeness (QED) is 0.229. The summed E-state index contributed by atoms with van der Waals surface area (Å²) in [5, 5.41) is 0. The maximum absolute atomic E-state index is 12.8. The summed E-state index contributed by atoms with van der Waals surface area (Å²) in [4.78, 5) is 49.6. The topological polar surface area (TPSA) is 108 Å². The van der Waals surface area contributed by atoms with E-state index in [0.29, 0.717) is 25.7 Å². The Morgan fingerprint density at radius 2 is 1.11 bits per heavy atom. The third-order valence-corrected chi connectivity index (χ3v) is 6.43. The molecule has 1 amide bonds. The van der Waals surface area contributed by atoms with Gasteiger partial charge in [-0.25, -0.2) is 0 Å². The Labute approximate surface area is 216 Å². The Kier molecular flexibility index (Phi) is 15.2. The van der Waals surface area contributed by atoms with Gasteiger partial charge in [-0.15, -0.1) is 0 Å². The highest BCUT2D eigenvalue weighted by atomic mass is 16.5. The maximum Gasteiger partial charge on any atom is 0.248 e. The average molecular weight is 514 g/mol. The van der Waals surface area contributed by atoms with Gasteiger partial charge < -0.3 is 23.8 Å². The van der Waals surface area contributed by atoms with Gasteiger partial charge in [0.25, 0.3) is 0 Å². The minimum atomic E-state index is -0.371. The lowest BCUT2D eigenvalue weighted by Crippen LogP contribution is -2.46. The van der Waals surface area contributed by atoms with E-state index >= 15 is 0 Å². The van der Waals surface area contributed by atoms with Gasteiger partial charge in [-0.2, -0.15) is 0 Å². The summed E-state index contributed by atoms with van der Waals surface area (Å²) in [5.74, 6) is 0.00227. The number of amides is 1. The summed E-state index contributed by atoms with van der Waals surface area (Å²) in [7, 11) is 1.67. The number of hydrogen-bond donors (Lipinski definition) is 0. The minimum absolute atomic E-state index is 0.0119. The van der Waals surface area contributed by atoms with E-state index in [1.54, 1.807) is 11.9 Å². The number of carbonyl (C=O) groups is 4. The summed E-state index contributed by atoms with van der Waals surface area (Å²) in [6.45, 7) is 12.1. The zero-order chi connectivity index (χ0) is 27.3. The zero-order valence-corrected chi connectivity index (χ0v) is 23.2. The molecule has 0 N–H and O–H groups in total. The highest BCUT2D eigenvalue weighted by molar-refractivity contribution is 5.81. The van der Waals surface area contributed by atoms with Crippen LogP contribution in [0.2, 0.25) is 0 Å². The van der Waals surface area contributed by atoms with E-state index in [-0.39, 0.29) is 98.9 Å². The minimum Gasteiger partial charge on any atom is -0.379 e. The normalized spacial score (nSPS) is 17.6. The lowest BCUT2D eigenvalue weighted by atomic mass is 9.92. The van der Waals surface area contributed by atoms with Crippen LogP contribution in [-0.2, 0) is 38.1 Å². The molecule has 0 unspecified atom stereocenters. The molecule has 9 heteroatoms. The van der Waals surface area contributed by atoms with Crippen molar-refractivity contribution in [2.75, 3.05) is 46.7 Å². The van der Waals surface area contributed by atoms with Gasteiger partial charge in [-0.1, -0.05) is 41.5 Å². The number of rotatable bonds is 20. The molecule has 208 valence electrons. The fraction of sp³-hybridized carbons (Fsp3) is 0.852. The van der Waals surface area contributed by atoms with Gasteiger partial charge in [0.15, 0.2) is 5.78 Å². The molecule has 1 saturated carbocycles. The molecule has 0 saturated heterocycles. The van der Waals surface area contributed by atoms with E-state index in [9.17, 15) is 19.2 Å². The molecule has 1 rings (SSSR count). The monoisotopic (exact) mass is 513 g/mol. The Hall–Kier alpha value is -1.68. The Bertz CT molecular complexity index is 672. The molecule has 0 spiro atoms. The van der Waals surface area contributed by atoms with Gasteiger partial charge in [0.05, 0.1) is 44.7 Å². The first kappa shape index (κ1) is 32.3. The molecule has 1 aliphatic rings. The molecule has 0 aromatic carbocycles. The molecule has 0 radical (unpaired) electrons. The van der Waals surface area contributed by atoms with Crippen molar-refractivity contribution in [3.05, 3.63) is 0 Å². The van der Waals surface area contributed by atoms with Gasteiger partial charge in [0.1, 0.15) is 24.8 Å². The Morgan fingerprint density at radius 3 is 1.53 bits per heavy atom. The Morgan fingerprint density at radius 1 is 0.694 bits per heavy atom. The van der Waals surface area contributed by atoms with E-state index in [0.717, 1.165) is 0 Å². The van der Waals surface area contributed by atoms with Gasteiger partial charge in [0.2, 0.25) is 5.91 Å². The number of likely N-dealkylation sites (N-methyl/N-ethyl adjacent to an activating group) is 1. The van der Waals surface area contributed by atoms with E-state index in [4.69, 9.17) is 18.9 Å². The third kappa shape index (κ3) is 12.5. The van der Waals surface area contributed by atoms with Crippen molar-refractivity contribution in [1.29, 1.82) is 0 Å². The molecule has 0 bridgehead atoms. The van der Waals surface area contributed by atoms with Crippen molar-refractivity contribution >= 4 is 23.3 Å². The predicted octanol–water partition coefficient (Wildman–Crippen LogP) is 2.87. The lowest BCUT2D eigenvalue weighted by molar-refractivity contribution is -0.152. The van der Waals surface area contributed by atoms with E-state index in [2.05, 4.69) is 0 Å². The summed E-state index contributed by atoms with van der Waals surface area (Å²) < 4.78 is 22.7. The third-order valence-electron chi connectivity index (χ3n) is 6.43. The number of ether oxygens (including phenoxy) is 4. The zero-order valence-electron chi connectivity index (χ0n) is 23.2. The van der Waals surface area contributed by atoms with Crippen LogP contribution in [0.1, 0.15) is 67.2 Å². The summed E-state index contributed by atoms with van der Waals surface area (Å²) in [5.41, 5.74) is 0. The molecule has 0 aliphatic heterocycles. The molecule has 1 aliphatic carbocycles. The van der Waals surface area contributed by atoms with Crippen molar-refractivity contribution in [3.63, 3.8) is 0 Å². The first-order valence-corrected chi connectivity index (χ1v) is 13.1. The van der Waals surface area contributed by atoms with Crippen LogP contribution in [0.5, 0.6) is 0 Å². The van der Waals surface area contributed by atoms with Crippen LogP contribution < -0.4 is 0 Å². The number of Topliss-reactive ketones (excluding diaryl/α,β-unsaturated/α-hetero) is 3. The molecule has 0 atom stereocenters. The summed E-state index contributed by atoms with van der Waals surface area (Å²) >= 11 is 0. The second kappa shape index (κ2) is 16.9. The molecule has 0 aromatic rings. The van der Waals surface area contributed by atoms with Gasteiger partial charge in [0, 0.05) is 37.6 Å². The molecular formula is C27H47NO8. The van der Waals surface area contributed by atoms with Crippen molar-refractivity contribution < 1.29 is 38.1 Å². The predicted molar refractivity (Wildman–Crippen MR) is 136 cm³/mol. The van der Waals surface area contributed by atoms with Crippen LogP contribution in [0.4, 0.5) is 0 Å². The lowest BCUT2D eigenvalue weighted by Gasteiger charge is -2.35. The fourth-order valence-electron chi connectivity index (χ4n) is 3.28. The maximum atomic E-state index is 12.8. The van der Waals surface area contributed by atoms with E-state index < -0.39 is 0 Å². The SMILES string of the molecule is CC(C)C(=O)CCOCC(COCCC(=O)C(C)C)N(C)C(=O)COC1CC(OCC(=O)C(C)C)C1. The van der Waals surface area contributed by atoms with Gasteiger partial charge in [-0.05, 0) is 12.8 Å². The average Bonchev–Trinajstić information content (AvgIpc) is 2.79. The standard InChI is InChI=1S/C27H47NO8/c1-18(2)24(29)8-10-33-14-21(15-34-11-9-25(30)19(3)4)28(7)27(32)17-36-23-12-22(13-23)35-16-26(31)20(5)6/h18-23H,8-17H2,1-7H3. The Balaban J connectivity index is 2.45. The molecule has 1 fully saturated rings. The first-order chi connectivity index (χ1) is 16.9. The van der Waals surface area contributed by atoms with Crippen molar-refractivity contribution in [3.8, 4) is 0 Å². The van der Waals surface area contributed by atoms with Crippen LogP contribution in [0.3, 0.4) is 0 Å². The summed E-state index contributed by atoms with van der Waals surface area (Å²) in [6, 6.07) is -0.371. The van der Waals surface area contributed by atoms with E-state index in [1.807, 2.05) is 41.5 Å². The second-order valence-electron chi connectivity index (χ2n) is 10.5. The molecule has 36 heavy (non-hydrogen) atoms. The van der Waals surface area contributed by atoms with Crippen molar-refractivity contribution in [2.24, 2.45) is 17.8 Å². The summed E-state index contributed by atoms with van der Waals surface area (Å²) in [6.07, 6.45) is 1.88. The van der Waals surface area contributed by atoms with Crippen LogP contribution in [0.15, 0.2) is 0 Å². The molecule has 0 heterocycles. The van der Waals surface area contributed by atoms with Crippen LogP contribution >= 0.6 is 0 Å². The van der Waals surface area contributed by atoms with Crippen LogP contribution in [0, 0.1) is 17.8 Å².